The zero-order valence-electron chi connectivity index (χ0n) is 20.3. The Morgan fingerprint density at radius 2 is 1.48 bits per heavy atom. The van der Waals surface area contributed by atoms with Gasteiger partial charge in [0.2, 0.25) is 0 Å². The molecule has 0 aliphatic heterocycles. The molecular weight excluding hydrogens is 392 g/mol. The summed E-state index contributed by atoms with van der Waals surface area (Å²) < 4.78 is 11.2. The number of aliphatic hydroxyl groups is 1. The summed E-state index contributed by atoms with van der Waals surface area (Å²) in [5, 5.41) is 11.8. The van der Waals surface area contributed by atoms with E-state index in [0.717, 1.165) is 44.9 Å². The number of rotatable bonds is 3. The molecule has 0 bridgehead atoms. The van der Waals surface area contributed by atoms with Gasteiger partial charge in [0.25, 0.3) is 0 Å². The van der Waals surface area contributed by atoms with Crippen LogP contribution in [0.2, 0.25) is 0 Å². The van der Waals surface area contributed by atoms with Crippen molar-refractivity contribution in [2.75, 3.05) is 0 Å². The lowest BCUT2D eigenvalue weighted by atomic mass is 9.40. The average Bonchev–Trinajstić information content (AvgIpc) is 2.94. The summed E-state index contributed by atoms with van der Waals surface area (Å²) in [4.78, 5) is 23.2. The monoisotopic (exact) mass is 434 g/mol. The lowest BCUT2D eigenvalue weighted by molar-refractivity contribution is -0.212. The fourth-order valence-corrected chi connectivity index (χ4v) is 8.99. The maximum atomic E-state index is 11.8. The Morgan fingerprint density at radius 1 is 0.871 bits per heavy atom. The second-order valence-corrected chi connectivity index (χ2v) is 12.0. The molecule has 31 heavy (non-hydrogen) atoms. The first-order valence-corrected chi connectivity index (χ1v) is 12.4. The molecule has 1 N–H and O–H groups in total. The first kappa shape index (κ1) is 23.1. The van der Waals surface area contributed by atoms with Crippen LogP contribution in [0, 0.1) is 34.0 Å². The molecule has 0 amide bonds. The topological polar surface area (TPSA) is 72.8 Å². The van der Waals surface area contributed by atoms with Crippen LogP contribution in [0.4, 0.5) is 0 Å². The molecule has 4 fully saturated rings. The van der Waals surface area contributed by atoms with Gasteiger partial charge in [0.15, 0.2) is 0 Å². The van der Waals surface area contributed by atoms with E-state index < -0.39 is 11.7 Å². The Balaban J connectivity index is 1.58. The largest absolute Gasteiger partial charge is 0.463 e. The molecular formula is C26H42O5. The lowest BCUT2D eigenvalue weighted by Gasteiger charge is -2.65. The molecule has 0 saturated heterocycles. The number of carbonyl (C=O) groups is 2. The van der Waals surface area contributed by atoms with Crippen LogP contribution in [0.5, 0.6) is 0 Å². The highest BCUT2D eigenvalue weighted by Crippen LogP contribution is 2.71. The lowest BCUT2D eigenvalue weighted by Crippen LogP contribution is -2.61. The second-order valence-electron chi connectivity index (χ2n) is 12.0. The molecule has 4 aliphatic rings. The zero-order chi connectivity index (χ0) is 22.8. The SMILES string of the molecule is CC(=O)O[C@@H]1CC[C@]2(C)[C@H]3CC[C@@]4(C)[C@H](CC[C@]4(O)[C@@H](C)OC(C)=O)[C@@H]3CC[C@]2(C)C1. The van der Waals surface area contributed by atoms with Gasteiger partial charge >= 0.3 is 11.9 Å². The van der Waals surface area contributed by atoms with Crippen LogP contribution in [0.1, 0.15) is 99.3 Å². The average molecular weight is 435 g/mol. The quantitative estimate of drug-likeness (QED) is 0.631. The fourth-order valence-electron chi connectivity index (χ4n) is 8.99. The van der Waals surface area contributed by atoms with Crippen molar-refractivity contribution in [3.63, 3.8) is 0 Å². The van der Waals surface area contributed by atoms with Crippen molar-refractivity contribution in [1.82, 2.24) is 0 Å². The van der Waals surface area contributed by atoms with E-state index in [0.29, 0.717) is 24.2 Å². The van der Waals surface area contributed by atoms with Gasteiger partial charge in [-0.25, -0.2) is 0 Å². The van der Waals surface area contributed by atoms with Gasteiger partial charge in [0, 0.05) is 19.3 Å². The molecule has 0 spiro atoms. The molecule has 4 rings (SSSR count). The van der Waals surface area contributed by atoms with E-state index in [-0.39, 0.29) is 34.3 Å². The van der Waals surface area contributed by atoms with Crippen LogP contribution >= 0.6 is 0 Å². The smallest absolute Gasteiger partial charge is 0.302 e. The van der Waals surface area contributed by atoms with Gasteiger partial charge in [-0.2, -0.15) is 0 Å². The summed E-state index contributed by atoms with van der Waals surface area (Å²) in [5.74, 6) is 1.26. The maximum absolute atomic E-state index is 11.8. The van der Waals surface area contributed by atoms with E-state index in [1.807, 2.05) is 6.92 Å². The summed E-state index contributed by atoms with van der Waals surface area (Å²) in [6.07, 6.45) is 8.82. The third kappa shape index (κ3) is 3.28. The highest BCUT2D eigenvalue weighted by Gasteiger charge is 2.68. The van der Waals surface area contributed by atoms with E-state index in [1.165, 1.54) is 20.3 Å². The maximum Gasteiger partial charge on any atom is 0.302 e. The van der Waals surface area contributed by atoms with Crippen molar-refractivity contribution >= 4 is 11.9 Å². The normalized spacial score (nSPS) is 49.9. The van der Waals surface area contributed by atoms with Crippen LogP contribution in [-0.4, -0.2) is 34.9 Å². The molecule has 0 aromatic heterocycles. The highest BCUT2D eigenvalue weighted by atomic mass is 16.6. The Labute approximate surface area is 187 Å². The van der Waals surface area contributed by atoms with Crippen molar-refractivity contribution in [2.45, 2.75) is 117 Å². The minimum absolute atomic E-state index is 0.0575. The van der Waals surface area contributed by atoms with Crippen LogP contribution in [-0.2, 0) is 19.1 Å². The summed E-state index contributed by atoms with van der Waals surface area (Å²) in [5.41, 5.74) is -0.707. The predicted octanol–water partition coefficient (Wildman–Crippen LogP) is 5.03. The summed E-state index contributed by atoms with van der Waals surface area (Å²) >= 11 is 0. The molecule has 0 heterocycles. The number of hydrogen-bond donors (Lipinski definition) is 1. The molecule has 9 atom stereocenters. The van der Waals surface area contributed by atoms with E-state index in [9.17, 15) is 14.7 Å². The minimum Gasteiger partial charge on any atom is -0.463 e. The second kappa shape index (κ2) is 7.46. The summed E-state index contributed by atoms with van der Waals surface area (Å²) in [6, 6.07) is 0. The van der Waals surface area contributed by atoms with Gasteiger partial charge in [-0.1, -0.05) is 20.8 Å². The van der Waals surface area contributed by atoms with E-state index in [1.54, 1.807) is 0 Å². The first-order valence-electron chi connectivity index (χ1n) is 12.4. The molecule has 4 saturated carbocycles. The minimum atomic E-state index is -0.942. The molecule has 0 aromatic carbocycles. The third-order valence-electron chi connectivity index (χ3n) is 10.9. The fraction of sp³-hybridized carbons (Fsp3) is 0.923. The number of hydrogen-bond acceptors (Lipinski definition) is 5. The molecule has 0 unspecified atom stereocenters. The van der Waals surface area contributed by atoms with E-state index in [4.69, 9.17) is 9.47 Å². The van der Waals surface area contributed by atoms with Crippen molar-refractivity contribution in [2.24, 2.45) is 34.0 Å². The molecule has 0 radical (unpaired) electrons. The number of ether oxygens (including phenoxy) is 2. The van der Waals surface area contributed by atoms with Gasteiger partial charge in [-0.15, -0.1) is 0 Å². The number of carbonyl (C=O) groups excluding carboxylic acids is 2. The Bertz CT molecular complexity index is 750. The summed E-state index contributed by atoms with van der Waals surface area (Å²) in [7, 11) is 0. The van der Waals surface area contributed by atoms with Gasteiger partial charge < -0.3 is 14.6 Å². The molecule has 5 heteroatoms. The Hall–Kier alpha value is -1.10. The molecule has 176 valence electrons. The van der Waals surface area contributed by atoms with E-state index in [2.05, 4.69) is 20.8 Å². The molecule has 5 nitrogen and oxygen atoms in total. The van der Waals surface area contributed by atoms with Gasteiger partial charge in [-0.3, -0.25) is 9.59 Å². The predicted molar refractivity (Wildman–Crippen MR) is 118 cm³/mol. The van der Waals surface area contributed by atoms with Crippen molar-refractivity contribution in [3.8, 4) is 0 Å². The van der Waals surface area contributed by atoms with E-state index >= 15 is 0 Å². The zero-order valence-corrected chi connectivity index (χ0v) is 20.3. The van der Waals surface area contributed by atoms with Gasteiger partial charge in [-0.05, 0) is 93.3 Å². The number of fused-ring (bicyclic) bond motifs is 5. The van der Waals surface area contributed by atoms with Crippen LogP contribution in [0.3, 0.4) is 0 Å². The van der Waals surface area contributed by atoms with Crippen molar-refractivity contribution in [3.05, 3.63) is 0 Å². The third-order valence-corrected chi connectivity index (χ3v) is 10.9. The Morgan fingerprint density at radius 3 is 2.13 bits per heavy atom. The van der Waals surface area contributed by atoms with Crippen molar-refractivity contribution in [1.29, 1.82) is 0 Å². The van der Waals surface area contributed by atoms with Gasteiger partial charge in [0.1, 0.15) is 17.8 Å². The first-order chi connectivity index (χ1) is 14.4. The summed E-state index contributed by atoms with van der Waals surface area (Å²) in [6.45, 7) is 12.0. The molecule has 4 aliphatic carbocycles. The standard InChI is InChI=1S/C26H42O5/c1-16(30-17(2)27)26(29)14-10-22-20-8-11-23(4)15-19(31-18(3)28)7-12-24(23,5)21(20)9-13-25(22,26)6/h16,19-22,29H,7-15H2,1-6H3/t16-,19-,20-,21+,22-,23-,24-,25+,26+/m1/s1. The van der Waals surface area contributed by atoms with Crippen LogP contribution < -0.4 is 0 Å². The van der Waals surface area contributed by atoms with Crippen molar-refractivity contribution < 1.29 is 24.2 Å². The molecule has 0 aromatic rings. The van der Waals surface area contributed by atoms with Crippen LogP contribution in [0.25, 0.3) is 0 Å². The van der Waals surface area contributed by atoms with Gasteiger partial charge in [0.05, 0.1) is 0 Å². The highest BCUT2D eigenvalue weighted by molar-refractivity contribution is 5.66. The Kier molecular flexibility index (Phi) is 5.55. The van der Waals surface area contributed by atoms with Crippen LogP contribution in [0.15, 0.2) is 0 Å². The number of esters is 2.